The maximum absolute atomic E-state index is 13.7. The standard InChI is InChI=1S/C26H30ClF3N2O7S/c1-3-4-15-10-17(7-8-26(15,36)22(33)13-31-25(35)39-2)40(37,38)21-9-14(5-6-18(21)27)24(34)32-16-11-19(28)23(30)20(29)12-16/h5-6,9,11-12,15,17,22,33,36H,3-4,7-8,10,13H2,1-2H3,(H,31,35)(H,32,34)/t15?,17?,22?,26-/m1/s1. The van der Waals surface area contributed by atoms with E-state index in [9.17, 15) is 41.4 Å². The topological polar surface area (TPSA) is 142 Å². The van der Waals surface area contributed by atoms with Gasteiger partial charge < -0.3 is 25.6 Å². The highest BCUT2D eigenvalue weighted by Gasteiger charge is 2.49. The van der Waals surface area contributed by atoms with E-state index < -0.39 is 62.2 Å². The Morgan fingerprint density at radius 2 is 1.85 bits per heavy atom. The van der Waals surface area contributed by atoms with Crippen LogP contribution in [0.3, 0.4) is 0 Å². The minimum absolute atomic E-state index is 0.0250. The van der Waals surface area contributed by atoms with Crippen LogP contribution in [-0.4, -0.2) is 61.2 Å². The average molecular weight is 607 g/mol. The summed E-state index contributed by atoms with van der Waals surface area (Å²) in [5.41, 5.74) is -2.24. The summed E-state index contributed by atoms with van der Waals surface area (Å²) in [5, 5.41) is 25.4. The molecular weight excluding hydrogens is 577 g/mol. The molecule has 1 aliphatic carbocycles. The number of aliphatic hydroxyl groups is 2. The minimum atomic E-state index is -4.16. The van der Waals surface area contributed by atoms with Crippen LogP contribution in [0.5, 0.6) is 0 Å². The summed E-state index contributed by atoms with van der Waals surface area (Å²) in [4.78, 5) is 23.8. The van der Waals surface area contributed by atoms with Crippen LogP contribution in [0.15, 0.2) is 35.2 Å². The van der Waals surface area contributed by atoms with Gasteiger partial charge in [-0.1, -0.05) is 24.9 Å². The molecule has 220 valence electrons. The lowest BCUT2D eigenvalue weighted by molar-refractivity contribution is -0.132. The summed E-state index contributed by atoms with van der Waals surface area (Å²) in [5.74, 6) is -6.29. The molecule has 1 aliphatic rings. The summed E-state index contributed by atoms with van der Waals surface area (Å²) < 4.78 is 72.1. The third kappa shape index (κ3) is 6.70. The number of methoxy groups -OCH3 is 1. The molecule has 9 nitrogen and oxygen atoms in total. The molecule has 2 amide bonds. The van der Waals surface area contributed by atoms with Crippen LogP contribution in [0.25, 0.3) is 0 Å². The molecule has 1 saturated carbocycles. The second-order valence-corrected chi connectivity index (χ2v) is 12.3. The van der Waals surface area contributed by atoms with E-state index in [2.05, 4.69) is 15.4 Å². The van der Waals surface area contributed by atoms with Gasteiger partial charge in [-0.3, -0.25) is 4.79 Å². The van der Waals surface area contributed by atoms with Gasteiger partial charge in [-0.05, 0) is 49.8 Å². The number of benzene rings is 2. The van der Waals surface area contributed by atoms with Gasteiger partial charge in [0.25, 0.3) is 5.91 Å². The summed E-state index contributed by atoms with van der Waals surface area (Å²) >= 11 is 6.22. The lowest BCUT2D eigenvalue weighted by atomic mass is 9.70. The van der Waals surface area contributed by atoms with Crippen molar-refractivity contribution in [1.82, 2.24) is 5.32 Å². The molecule has 4 atom stereocenters. The number of sulfone groups is 1. The van der Waals surface area contributed by atoms with Crippen LogP contribution in [0, 0.1) is 23.4 Å². The highest BCUT2D eigenvalue weighted by Crippen LogP contribution is 2.43. The maximum atomic E-state index is 13.7. The van der Waals surface area contributed by atoms with Gasteiger partial charge in [-0.2, -0.15) is 0 Å². The third-order valence-corrected chi connectivity index (χ3v) is 9.84. The van der Waals surface area contributed by atoms with Crippen LogP contribution >= 0.6 is 11.6 Å². The Balaban J connectivity index is 1.84. The quantitative estimate of drug-likeness (QED) is 0.313. The van der Waals surface area contributed by atoms with Crippen LogP contribution in [0.2, 0.25) is 5.02 Å². The van der Waals surface area contributed by atoms with E-state index in [0.29, 0.717) is 25.0 Å². The van der Waals surface area contributed by atoms with Crippen LogP contribution in [0.4, 0.5) is 23.7 Å². The highest BCUT2D eigenvalue weighted by molar-refractivity contribution is 7.92. The number of ether oxygens (including phenoxy) is 1. The Morgan fingerprint density at radius 3 is 2.45 bits per heavy atom. The largest absolute Gasteiger partial charge is 0.453 e. The van der Waals surface area contributed by atoms with Gasteiger partial charge in [-0.25, -0.2) is 26.4 Å². The van der Waals surface area contributed by atoms with Gasteiger partial charge in [-0.15, -0.1) is 0 Å². The minimum Gasteiger partial charge on any atom is -0.453 e. The second-order valence-electron chi connectivity index (χ2n) is 9.66. The first-order chi connectivity index (χ1) is 18.7. The van der Waals surface area contributed by atoms with E-state index in [1.807, 2.05) is 6.92 Å². The SMILES string of the molecule is CCCC1CC(S(=O)(=O)c2cc(C(=O)Nc3cc(F)c(F)c(F)c3)ccc2Cl)CC[C@]1(O)C(O)CNC(=O)OC. The van der Waals surface area contributed by atoms with Crippen LogP contribution in [0.1, 0.15) is 49.4 Å². The average Bonchev–Trinajstić information content (AvgIpc) is 2.91. The lowest BCUT2D eigenvalue weighted by Crippen LogP contribution is -2.57. The number of halogens is 4. The Morgan fingerprint density at radius 1 is 1.20 bits per heavy atom. The van der Waals surface area contributed by atoms with Crippen LogP contribution < -0.4 is 10.6 Å². The lowest BCUT2D eigenvalue weighted by Gasteiger charge is -2.45. The van der Waals surface area contributed by atoms with Gasteiger partial charge in [0.1, 0.15) is 6.10 Å². The molecule has 0 aromatic heterocycles. The van der Waals surface area contributed by atoms with Gasteiger partial charge in [0, 0.05) is 29.9 Å². The first-order valence-corrected chi connectivity index (χ1v) is 14.4. The molecule has 0 bridgehead atoms. The zero-order chi connectivity index (χ0) is 29.8. The number of alkyl carbamates (subject to hydrolysis) is 1. The molecule has 14 heteroatoms. The fourth-order valence-corrected chi connectivity index (χ4v) is 7.32. The maximum Gasteiger partial charge on any atom is 0.406 e. The summed E-state index contributed by atoms with van der Waals surface area (Å²) in [6.07, 6.45) is -1.37. The van der Waals surface area contributed by atoms with Crippen LogP contribution in [-0.2, 0) is 14.6 Å². The fraction of sp³-hybridized carbons (Fsp3) is 0.462. The fourth-order valence-electron chi connectivity index (χ4n) is 4.97. The predicted molar refractivity (Wildman–Crippen MR) is 140 cm³/mol. The molecule has 0 saturated heterocycles. The number of carbonyl (C=O) groups excluding carboxylic acids is 2. The van der Waals surface area contributed by atoms with E-state index in [-0.39, 0.29) is 47.0 Å². The van der Waals surface area contributed by atoms with Gasteiger partial charge in [0.2, 0.25) is 0 Å². The molecule has 3 unspecified atom stereocenters. The van der Waals surface area contributed by atoms with Gasteiger partial charge in [0.15, 0.2) is 27.3 Å². The molecule has 1 fully saturated rings. The zero-order valence-electron chi connectivity index (χ0n) is 21.7. The molecular formula is C26H30ClF3N2O7S. The predicted octanol–water partition coefficient (Wildman–Crippen LogP) is 4.20. The molecule has 40 heavy (non-hydrogen) atoms. The van der Waals surface area contributed by atoms with E-state index in [1.165, 1.54) is 12.1 Å². The molecule has 2 aromatic rings. The molecule has 0 heterocycles. The number of nitrogens with one attached hydrogen (secondary N) is 2. The highest BCUT2D eigenvalue weighted by atomic mass is 35.5. The third-order valence-electron chi connectivity index (χ3n) is 7.14. The Hall–Kier alpha value is -2.87. The number of anilines is 1. The van der Waals surface area contributed by atoms with Gasteiger partial charge >= 0.3 is 6.09 Å². The molecule has 0 aliphatic heterocycles. The number of rotatable bonds is 9. The van der Waals surface area contributed by atoms with E-state index >= 15 is 0 Å². The number of amides is 2. The van der Waals surface area contributed by atoms with Crippen molar-refractivity contribution in [2.75, 3.05) is 19.0 Å². The van der Waals surface area contributed by atoms with Crippen molar-refractivity contribution in [2.45, 2.75) is 60.9 Å². The first-order valence-electron chi connectivity index (χ1n) is 12.5. The Bertz CT molecular complexity index is 1360. The molecule has 0 spiro atoms. The first kappa shape index (κ1) is 31.7. The summed E-state index contributed by atoms with van der Waals surface area (Å²) in [7, 11) is -3.01. The summed E-state index contributed by atoms with van der Waals surface area (Å²) in [6.45, 7) is 1.54. The van der Waals surface area contributed by atoms with Crippen molar-refractivity contribution in [3.05, 3.63) is 58.4 Å². The van der Waals surface area contributed by atoms with Crippen molar-refractivity contribution in [3.63, 3.8) is 0 Å². The second kappa shape index (κ2) is 12.8. The zero-order valence-corrected chi connectivity index (χ0v) is 23.3. The van der Waals surface area contributed by atoms with E-state index in [4.69, 9.17) is 11.6 Å². The van der Waals surface area contributed by atoms with E-state index in [0.717, 1.165) is 13.2 Å². The number of carbonyl (C=O) groups is 2. The summed E-state index contributed by atoms with van der Waals surface area (Å²) in [6, 6.07) is 4.61. The van der Waals surface area contributed by atoms with Gasteiger partial charge in [0.05, 0.1) is 27.9 Å². The molecule has 4 N–H and O–H groups in total. The van der Waals surface area contributed by atoms with Crippen molar-refractivity contribution in [3.8, 4) is 0 Å². The molecule has 0 radical (unpaired) electrons. The van der Waals surface area contributed by atoms with Crippen molar-refractivity contribution < 1.29 is 46.1 Å². The number of hydrogen-bond acceptors (Lipinski definition) is 7. The van der Waals surface area contributed by atoms with Crippen molar-refractivity contribution in [1.29, 1.82) is 0 Å². The number of hydrogen-bond donors (Lipinski definition) is 4. The number of aliphatic hydroxyl groups excluding tert-OH is 1. The Kier molecular flexibility index (Phi) is 10.1. The molecule has 3 rings (SSSR count). The smallest absolute Gasteiger partial charge is 0.406 e. The monoisotopic (exact) mass is 606 g/mol. The molecule has 2 aromatic carbocycles. The van der Waals surface area contributed by atoms with E-state index in [1.54, 1.807) is 0 Å². The normalized spacial score (nSPS) is 21.9. The Labute approximate surface area is 234 Å². The van der Waals surface area contributed by atoms with Crippen molar-refractivity contribution >= 4 is 39.1 Å². The van der Waals surface area contributed by atoms with Crippen molar-refractivity contribution in [2.24, 2.45) is 5.92 Å².